The summed E-state index contributed by atoms with van der Waals surface area (Å²) in [6.07, 6.45) is 2.69. The number of nitrogens with zero attached hydrogens (tertiary/aromatic N) is 1. The van der Waals surface area contributed by atoms with Gasteiger partial charge < -0.3 is 10.1 Å². The van der Waals surface area contributed by atoms with E-state index in [2.05, 4.69) is 16.8 Å². The van der Waals surface area contributed by atoms with E-state index in [1.165, 1.54) is 0 Å². The van der Waals surface area contributed by atoms with Crippen LogP contribution in [0.15, 0.2) is 30.9 Å². The SMILES string of the molecule is C=CCC(NCCN1CCOCC1)c1c(Cl)cccc1Cl. The highest BCUT2D eigenvalue weighted by Gasteiger charge is 2.17. The van der Waals surface area contributed by atoms with Gasteiger partial charge in [0.2, 0.25) is 0 Å². The Hall–Kier alpha value is -0.580. The molecule has 0 radical (unpaired) electrons. The van der Waals surface area contributed by atoms with Crippen molar-refractivity contribution in [3.05, 3.63) is 46.5 Å². The molecule has 0 aliphatic carbocycles. The van der Waals surface area contributed by atoms with Gasteiger partial charge in [0.1, 0.15) is 0 Å². The van der Waals surface area contributed by atoms with Crippen molar-refractivity contribution < 1.29 is 4.74 Å². The number of hydrogen-bond acceptors (Lipinski definition) is 3. The van der Waals surface area contributed by atoms with Gasteiger partial charge in [0.25, 0.3) is 0 Å². The van der Waals surface area contributed by atoms with Gasteiger partial charge >= 0.3 is 0 Å². The lowest BCUT2D eigenvalue weighted by molar-refractivity contribution is 0.0381. The summed E-state index contributed by atoms with van der Waals surface area (Å²) < 4.78 is 5.36. The molecule has 1 heterocycles. The molecule has 1 aromatic rings. The van der Waals surface area contributed by atoms with Crippen molar-refractivity contribution >= 4 is 23.2 Å². The van der Waals surface area contributed by atoms with E-state index < -0.39 is 0 Å². The first-order valence-electron chi connectivity index (χ1n) is 7.30. The average molecular weight is 329 g/mol. The molecule has 1 fully saturated rings. The van der Waals surface area contributed by atoms with Gasteiger partial charge in [-0.2, -0.15) is 0 Å². The van der Waals surface area contributed by atoms with Crippen molar-refractivity contribution in [1.82, 2.24) is 10.2 Å². The predicted molar refractivity (Wildman–Crippen MR) is 89.3 cm³/mol. The summed E-state index contributed by atoms with van der Waals surface area (Å²) in [4.78, 5) is 2.40. The number of rotatable bonds is 7. The van der Waals surface area contributed by atoms with Crippen molar-refractivity contribution in [2.45, 2.75) is 12.5 Å². The Morgan fingerprint density at radius 2 is 1.95 bits per heavy atom. The van der Waals surface area contributed by atoms with Gasteiger partial charge in [-0.25, -0.2) is 0 Å². The topological polar surface area (TPSA) is 24.5 Å². The molecule has 1 atom stereocenters. The summed E-state index contributed by atoms with van der Waals surface area (Å²) in [5, 5.41) is 4.95. The minimum atomic E-state index is 0.102. The largest absolute Gasteiger partial charge is 0.379 e. The molecular formula is C16H22Cl2N2O. The highest BCUT2D eigenvalue weighted by atomic mass is 35.5. The van der Waals surface area contributed by atoms with E-state index in [1.807, 2.05) is 24.3 Å². The van der Waals surface area contributed by atoms with Crippen molar-refractivity contribution in [1.29, 1.82) is 0 Å². The molecule has 0 amide bonds. The lowest BCUT2D eigenvalue weighted by Gasteiger charge is -2.28. The molecule has 21 heavy (non-hydrogen) atoms. The molecular weight excluding hydrogens is 307 g/mol. The summed E-state index contributed by atoms with van der Waals surface area (Å²) in [6, 6.07) is 5.72. The molecule has 116 valence electrons. The third-order valence-electron chi connectivity index (χ3n) is 3.67. The van der Waals surface area contributed by atoms with Gasteiger partial charge in [-0.1, -0.05) is 35.3 Å². The molecule has 5 heteroatoms. The molecule has 1 saturated heterocycles. The number of morpholine rings is 1. The zero-order chi connectivity index (χ0) is 15.1. The molecule has 0 saturated carbocycles. The van der Waals surface area contributed by atoms with E-state index in [1.54, 1.807) is 0 Å². The minimum Gasteiger partial charge on any atom is -0.379 e. The van der Waals surface area contributed by atoms with Crippen LogP contribution in [0.4, 0.5) is 0 Å². The van der Waals surface area contributed by atoms with Gasteiger partial charge in [-0.15, -0.1) is 6.58 Å². The lowest BCUT2D eigenvalue weighted by Crippen LogP contribution is -2.40. The van der Waals surface area contributed by atoms with E-state index in [0.717, 1.165) is 51.4 Å². The van der Waals surface area contributed by atoms with Crippen LogP contribution in [-0.4, -0.2) is 44.3 Å². The number of hydrogen-bond donors (Lipinski definition) is 1. The molecule has 3 nitrogen and oxygen atoms in total. The quantitative estimate of drug-likeness (QED) is 0.775. The predicted octanol–water partition coefficient (Wildman–Crippen LogP) is 3.53. The number of halogens is 2. The van der Waals surface area contributed by atoms with E-state index in [4.69, 9.17) is 27.9 Å². The van der Waals surface area contributed by atoms with Gasteiger partial charge in [0.15, 0.2) is 0 Å². The van der Waals surface area contributed by atoms with Crippen molar-refractivity contribution in [2.24, 2.45) is 0 Å². The minimum absolute atomic E-state index is 0.102. The molecule has 0 aromatic heterocycles. The summed E-state index contributed by atoms with van der Waals surface area (Å²) >= 11 is 12.6. The Balaban J connectivity index is 1.94. The van der Waals surface area contributed by atoms with E-state index in [-0.39, 0.29) is 6.04 Å². The molecule has 0 spiro atoms. The van der Waals surface area contributed by atoms with E-state index in [9.17, 15) is 0 Å². The fourth-order valence-corrected chi connectivity index (χ4v) is 3.20. The molecule has 1 unspecified atom stereocenters. The smallest absolute Gasteiger partial charge is 0.0594 e. The third-order valence-corrected chi connectivity index (χ3v) is 4.33. The van der Waals surface area contributed by atoms with Gasteiger partial charge in [0.05, 0.1) is 13.2 Å². The van der Waals surface area contributed by atoms with E-state index in [0.29, 0.717) is 10.0 Å². The summed E-state index contributed by atoms with van der Waals surface area (Å²) in [5.74, 6) is 0. The fraction of sp³-hybridized carbons (Fsp3) is 0.500. The monoisotopic (exact) mass is 328 g/mol. The second-order valence-corrected chi connectivity index (χ2v) is 5.93. The number of benzene rings is 1. The second kappa shape index (κ2) is 8.76. The number of ether oxygens (including phenoxy) is 1. The summed E-state index contributed by atoms with van der Waals surface area (Å²) in [7, 11) is 0. The van der Waals surface area contributed by atoms with Crippen LogP contribution < -0.4 is 5.32 Å². The molecule has 1 aliphatic heterocycles. The maximum absolute atomic E-state index is 6.30. The molecule has 1 N–H and O–H groups in total. The van der Waals surface area contributed by atoms with E-state index >= 15 is 0 Å². The van der Waals surface area contributed by atoms with Gasteiger partial charge in [-0.3, -0.25) is 4.90 Å². The third kappa shape index (κ3) is 4.97. The van der Waals surface area contributed by atoms with Crippen molar-refractivity contribution in [3.8, 4) is 0 Å². The second-order valence-electron chi connectivity index (χ2n) is 5.12. The van der Waals surface area contributed by atoms with Gasteiger partial charge in [-0.05, 0) is 18.6 Å². The normalized spacial score (nSPS) is 17.6. The highest BCUT2D eigenvalue weighted by molar-refractivity contribution is 6.36. The standard InChI is InChI=1S/C16H22Cl2N2O/c1-2-4-15(16-13(17)5-3-6-14(16)18)19-7-8-20-9-11-21-12-10-20/h2-3,5-6,15,19H,1,4,7-12H2. The Bertz CT molecular complexity index is 441. The van der Waals surface area contributed by atoms with Crippen LogP contribution in [-0.2, 0) is 4.74 Å². The maximum Gasteiger partial charge on any atom is 0.0594 e. The molecule has 0 bridgehead atoms. The summed E-state index contributed by atoms with van der Waals surface area (Å²) in [5.41, 5.74) is 0.961. The Labute approximate surface area is 136 Å². The molecule has 2 rings (SSSR count). The lowest BCUT2D eigenvalue weighted by atomic mass is 10.0. The van der Waals surface area contributed by atoms with Crippen LogP contribution >= 0.6 is 23.2 Å². The Kier molecular flexibility index (Phi) is 7.00. The first kappa shape index (κ1) is 16.8. The zero-order valence-electron chi connectivity index (χ0n) is 12.2. The Morgan fingerprint density at radius 3 is 2.57 bits per heavy atom. The first-order chi connectivity index (χ1) is 10.2. The molecule has 1 aromatic carbocycles. The van der Waals surface area contributed by atoms with Crippen LogP contribution in [0.2, 0.25) is 10.0 Å². The molecule has 1 aliphatic rings. The number of nitrogens with one attached hydrogen (secondary N) is 1. The highest BCUT2D eigenvalue weighted by Crippen LogP contribution is 2.32. The zero-order valence-corrected chi connectivity index (χ0v) is 13.7. The van der Waals surface area contributed by atoms with Crippen LogP contribution in [0.5, 0.6) is 0 Å². The van der Waals surface area contributed by atoms with Gasteiger partial charge in [0, 0.05) is 47.8 Å². The maximum atomic E-state index is 6.30. The fourth-order valence-electron chi connectivity index (χ4n) is 2.54. The average Bonchev–Trinajstić information content (AvgIpc) is 2.48. The first-order valence-corrected chi connectivity index (χ1v) is 8.06. The summed E-state index contributed by atoms with van der Waals surface area (Å²) in [6.45, 7) is 9.37. The van der Waals surface area contributed by atoms with Crippen LogP contribution in [0.3, 0.4) is 0 Å². The van der Waals surface area contributed by atoms with Crippen LogP contribution in [0.25, 0.3) is 0 Å². The Morgan fingerprint density at radius 1 is 1.29 bits per heavy atom. The van der Waals surface area contributed by atoms with Crippen molar-refractivity contribution in [2.75, 3.05) is 39.4 Å². The van der Waals surface area contributed by atoms with Crippen LogP contribution in [0, 0.1) is 0 Å². The van der Waals surface area contributed by atoms with Crippen molar-refractivity contribution in [3.63, 3.8) is 0 Å². The van der Waals surface area contributed by atoms with Crippen LogP contribution in [0.1, 0.15) is 18.0 Å².